The molecule has 2 rings (SSSR count). The molecule has 2 heterocycles. The number of nitrogens with one attached hydrogen (secondary N) is 1. The van der Waals surface area contributed by atoms with Crippen molar-refractivity contribution in [1.29, 1.82) is 0 Å². The molecule has 0 aromatic carbocycles. The molecule has 1 unspecified atom stereocenters. The summed E-state index contributed by atoms with van der Waals surface area (Å²) in [4.78, 5) is 7.01. The Morgan fingerprint density at radius 1 is 1.53 bits per heavy atom. The Morgan fingerprint density at radius 3 is 3.18 bits per heavy atom. The van der Waals surface area contributed by atoms with Crippen molar-refractivity contribution in [3.8, 4) is 0 Å². The van der Waals surface area contributed by atoms with Gasteiger partial charge in [0.25, 0.3) is 0 Å². The average Bonchev–Trinajstić information content (AvgIpc) is 2.78. The van der Waals surface area contributed by atoms with Crippen LogP contribution in [-0.4, -0.2) is 30.7 Å². The summed E-state index contributed by atoms with van der Waals surface area (Å²) in [6.45, 7) is 7.71. The quantitative estimate of drug-likeness (QED) is 0.791. The van der Waals surface area contributed by atoms with Crippen molar-refractivity contribution in [3.05, 3.63) is 23.9 Å². The molecule has 0 amide bonds. The molecule has 1 aromatic rings. The Balaban J connectivity index is 2.02. The molecule has 1 saturated heterocycles. The van der Waals surface area contributed by atoms with E-state index in [0.29, 0.717) is 6.04 Å². The van der Waals surface area contributed by atoms with Crippen LogP contribution in [-0.2, 0) is 0 Å². The number of pyridine rings is 1. The first-order chi connectivity index (χ1) is 8.33. The van der Waals surface area contributed by atoms with Gasteiger partial charge in [0.05, 0.1) is 0 Å². The molecule has 0 aliphatic carbocycles. The minimum absolute atomic E-state index is 0.621. The van der Waals surface area contributed by atoms with Crippen LogP contribution < -0.4 is 10.2 Å². The number of hydrogen-bond acceptors (Lipinski definition) is 3. The van der Waals surface area contributed by atoms with E-state index >= 15 is 0 Å². The van der Waals surface area contributed by atoms with Gasteiger partial charge in [0, 0.05) is 25.3 Å². The van der Waals surface area contributed by atoms with E-state index in [-0.39, 0.29) is 0 Å². The molecule has 0 bridgehead atoms. The topological polar surface area (TPSA) is 28.2 Å². The second-order valence-corrected chi connectivity index (χ2v) is 4.84. The summed E-state index contributed by atoms with van der Waals surface area (Å²) in [5, 5.41) is 3.53. The van der Waals surface area contributed by atoms with Gasteiger partial charge >= 0.3 is 0 Å². The van der Waals surface area contributed by atoms with Gasteiger partial charge in [-0.3, -0.25) is 0 Å². The van der Waals surface area contributed by atoms with Crippen LogP contribution in [0.4, 0.5) is 5.82 Å². The zero-order valence-corrected chi connectivity index (χ0v) is 10.9. The van der Waals surface area contributed by atoms with Gasteiger partial charge in [-0.05, 0) is 44.4 Å². The van der Waals surface area contributed by atoms with E-state index in [1.165, 1.54) is 30.6 Å². The molecular weight excluding hydrogens is 210 g/mol. The first-order valence-electron chi connectivity index (χ1n) is 6.72. The zero-order valence-electron chi connectivity index (χ0n) is 10.9. The van der Waals surface area contributed by atoms with Crippen molar-refractivity contribution in [2.75, 3.05) is 24.5 Å². The summed E-state index contributed by atoms with van der Waals surface area (Å²) < 4.78 is 0. The van der Waals surface area contributed by atoms with Crippen molar-refractivity contribution in [3.63, 3.8) is 0 Å². The number of aryl methyl sites for hydroxylation is 1. The van der Waals surface area contributed by atoms with Crippen molar-refractivity contribution >= 4 is 5.82 Å². The largest absolute Gasteiger partial charge is 0.352 e. The predicted molar refractivity (Wildman–Crippen MR) is 72.5 cm³/mol. The lowest BCUT2D eigenvalue weighted by atomic mass is 10.2. The lowest BCUT2D eigenvalue weighted by molar-refractivity contribution is 0.568. The molecule has 0 radical (unpaired) electrons. The van der Waals surface area contributed by atoms with E-state index in [1.54, 1.807) is 0 Å². The molecule has 94 valence electrons. The Labute approximate surface area is 104 Å². The third-order valence-corrected chi connectivity index (χ3v) is 3.44. The van der Waals surface area contributed by atoms with Gasteiger partial charge < -0.3 is 10.2 Å². The van der Waals surface area contributed by atoms with Crippen molar-refractivity contribution in [2.24, 2.45) is 0 Å². The van der Waals surface area contributed by atoms with Gasteiger partial charge in [-0.1, -0.05) is 13.0 Å². The third-order valence-electron chi connectivity index (χ3n) is 3.44. The first kappa shape index (κ1) is 12.4. The lowest BCUT2D eigenvalue weighted by Gasteiger charge is -2.27. The molecule has 17 heavy (non-hydrogen) atoms. The van der Waals surface area contributed by atoms with E-state index in [1.807, 2.05) is 12.3 Å². The second kappa shape index (κ2) is 6.01. The molecular formula is C14H23N3. The molecule has 1 atom stereocenters. The number of nitrogens with zero attached hydrogens (tertiary/aromatic N) is 2. The fourth-order valence-corrected chi connectivity index (χ4v) is 2.55. The Kier molecular flexibility index (Phi) is 4.37. The monoisotopic (exact) mass is 233 g/mol. The van der Waals surface area contributed by atoms with E-state index in [2.05, 4.69) is 35.1 Å². The highest BCUT2D eigenvalue weighted by Gasteiger charge is 2.25. The molecule has 1 aliphatic rings. The maximum Gasteiger partial charge on any atom is 0.131 e. The number of hydrogen-bond donors (Lipinski definition) is 1. The van der Waals surface area contributed by atoms with E-state index < -0.39 is 0 Å². The normalized spacial score (nSPS) is 19.9. The highest BCUT2D eigenvalue weighted by Crippen LogP contribution is 2.25. The highest BCUT2D eigenvalue weighted by atomic mass is 15.2. The number of rotatable bonds is 5. The predicted octanol–water partition coefficient (Wildman–Crippen LogP) is 2.36. The molecule has 0 spiro atoms. The van der Waals surface area contributed by atoms with Gasteiger partial charge in [-0.15, -0.1) is 0 Å². The van der Waals surface area contributed by atoms with Crippen LogP contribution in [0.25, 0.3) is 0 Å². The minimum atomic E-state index is 0.621. The molecule has 3 heteroatoms. The van der Waals surface area contributed by atoms with Crippen LogP contribution in [0.3, 0.4) is 0 Å². The van der Waals surface area contributed by atoms with Gasteiger partial charge in [-0.25, -0.2) is 4.98 Å². The second-order valence-electron chi connectivity index (χ2n) is 4.84. The summed E-state index contributed by atoms with van der Waals surface area (Å²) in [5.74, 6) is 1.17. The molecule has 1 aromatic heterocycles. The lowest BCUT2D eigenvalue weighted by Crippen LogP contribution is -2.39. The summed E-state index contributed by atoms with van der Waals surface area (Å²) >= 11 is 0. The maximum absolute atomic E-state index is 4.54. The van der Waals surface area contributed by atoms with Crippen LogP contribution in [0.15, 0.2) is 18.3 Å². The third kappa shape index (κ3) is 2.97. The van der Waals surface area contributed by atoms with E-state index in [9.17, 15) is 0 Å². The highest BCUT2D eigenvalue weighted by molar-refractivity contribution is 5.47. The van der Waals surface area contributed by atoms with Gasteiger partial charge in [0.2, 0.25) is 0 Å². The summed E-state index contributed by atoms with van der Waals surface area (Å²) in [6.07, 6.45) is 5.67. The number of anilines is 1. The van der Waals surface area contributed by atoms with Crippen LogP contribution in [0.2, 0.25) is 0 Å². The summed E-state index contributed by atoms with van der Waals surface area (Å²) in [5.41, 5.74) is 1.29. The van der Waals surface area contributed by atoms with E-state index in [4.69, 9.17) is 0 Å². The van der Waals surface area contributed by atoms with Crippen molar-refractivity contribution in [2.45, 2.75) is 39.2 Å². The van der Waals surface area contributed by atoms with Crippen LogP contribution in [0, 0.1) is 6.92 Å². The fraction of sp³-hybridized carbons (Fsp3) is 0.643. The van der Waals surface area contributed by atoms with Gasteiger partial charge in [0.15, 0.2) is 0 Å². The fourth-order valence-electron chi connectivity index (χ4n) is 2.55. The number of aromatic nitrogens is 1. The Morgan fingerprint density at radius 2 is 2.41 bits per heavy atom. The SMILES string of the molecule is CCCNCC1CCCN1c1ncccc1C. The standard InChI is InChI=1S/C14H23N3/c1-3-8-15-11-13-7-5-10-17(13)14-12(2)6-4-9-16-14/h4,6,9,13,15H,3,5,7-8,10-11H2,1-2H3. The van der Waals surface area contributed by atoms with E-state index in [0.717, 1.165) is 19.6 Å². The summed E-state index contributed by atoms with van der Waals surface area (Å²) in [7, 11) is 0. The van der Waals surface area contributed by atoms with Crippen molar-refractivity contribution in [1.82, 2.24) is 10.3 Å². The Hall–Kier alpha value is -1.09. The Bertz CT molecular complexity index is 351. The van der Waals surface area contributed by atoms with Crippen LogP contribution >= 0.6 is 0 Å². The minimum Gasteiger partial charge on any atom is -0.352 e. The molecule has 1 N–H and O–H groups in total. The zero-order chi connectivity index (χ0) is 12.1. The average molecular weight is 233 g/mol. The molecule has 1 fully saturated rings. The summed E-state index contributed by atoms with van der Waals surface area (Å²) in [6, 6.07) is 4.78. The van der Waals surface area contributed by atoms with Crippen LogP contribution in [0.5, 0.6) is 0 Å². The maximum atomic E-state index is 4.54. The van der Waals surface area contributed by atoms with Gasteiger partial charge in [-0.2, -0.15) is 0 Å². The first-order valence-corrected chi connectivity index (χ1v) is 6.72. The van der Waals surface area contributed by atoms with Crippen molar-refractivity contribution < 1.29 is 0 Å². The molecule has 0 saturated carbocycles. The smallest absolute Gasteiger partial charge is 0.131 e. The van der Waals surface area contributed by atoms with Gasteiger partial charge in [0.1, 0.15) is 5.82 Å². The molecule has 1 aliphatic heterocycles. The van der Waals surface area contributed by atoms with Crippen LogP contribution in [0.1, 0.15) is 31.7 Å². The molecule has 3 nitrogen and oxygen atoms in total.